The first-order valence-corrected chi connectivity index (χ1v) is 6.63. The van der Waals surface area contributed by atoms with Crippen LogP contribution in [0.1, 0.15) is 34.3 Å². The lowest BCUT2D eigenvalue weighted by atomic mass is 10.0. The Hall–Kier alpha value is -2.38. The quantitative estimate of drug-likeness (QED) is 0.799. The molecule has 1 aromatic rings. The van der Waals surface area contributed by atoms with Crippen molar-refractivity contribution in [3.05, 3.63) is 34.9 Å². The fourth-order valence-electron chi connectivity index (χ4n) is 2.85. The molecule has 1 fully saturated rings. The van der Waals surface area contributed by atoms with Crippen molar-refractivity contribution in [1.82, 2.24) is 10.2 Å². The summed E-state index contributed by atoms with van der Waals surface area (Å²) in [6, 6.07) is 2.61. The number of fused-ring (bicyclic) bond motifs is 1. The number of hydrogen-bond acceptors (Lipinski definition) is 3. The highest BCUT2D eigenvalue weighted by atomic mass is 19.4. The SMILES string of the molecule is O=C1CC[C@H](N2Cc3cccc(C(F)(F)F)c3C2=O)C(=O)N1. The van der Waals surface area contributed by atoms with Gasteiger partial charge in [-0.3, -0.25) is 19.7 Å². The molecule has 1 aromatic carbocycles. The van der Waals surface area contributed by atoms with E-state index in [9.17, 15) is 27.6 Å². The number of nitrogens with one attached hydrogen (secondary N) is 1. The minimum absolute atomic E-state index is 0.0582. The number of amides is 3. The summed E-state index contributed by atoms with van der Waals surface area (Å²) in [5, 5.41) is 2.10. The zero-order chi connectivity index (χ0) is 16.1. The number of benzene rings is 1. The maximum atomic E-state index is 13.0. The van der Waals surface area contributed by atoms with Gasteiger partial charge in [-0.05, 0) is 18.1 Å². The Bertz CT molecular complexity index is 684. The molecule has 8 heteroatoms. The second-order valence-corrected chi connectivity index (χ2v) is 5.24. The highest BCUT2D eigenvalue weighted by Gasteiger charge is 2.44. The molecule has 0 spiro atoms. The van der Waals surface area contributed by atoms with Crippen LogP contribution in [0.25, 0.3) is 0 Å². The Balaban J connectivity index is 1.95. The fourth-order valence-corrected chi connectivity index (χ4v) is 2.85. The van der Waals surface area contributed by atoms with Crippen LogP contribution in [0.4, 0.5) is 13.2 Å². The van der Waals surface area contributed by atoms with Crippen LogP contribution in [0.2, 0.25) is 0 Å². The van der Waals surface area contributed by atoms with Crippen molar-refractivity contribution < 1.29 is 27.6 Å². The minimum Gasteiger partial charge on any atom is -0.322 e. The molecular formula is C14H11F3N2O3. The van der Waals surface area contributed by atoms with Crippen LogP contribution in [0.3, 0.4) is 0 Å². The molecule has 1 atom stereocenters. The van der Waals surface area contributed by atoms with Crippen molar-refractivity contribution in [2.75, 3.05) is 0 Å². The van der Waals surface area contributed by atoms with Crippen LogP contribution in [0.15, 0.2) is 18.2 Å². The van der Waals surface area contributed by atoms with E-state index in [0.717, 1.165) is 11.0 Å². The van der Waals surface area contributed by atoms with E-state index in [0.29, 0.717) is 0 Å². The van der Waals surface area contributed by atoms with E-state index in [1.807, 2.05) is 0 Å². The molecule has 0 saturated carbocycles. The van der Waals surface area contributed by atoms with E-state index < -0.39 is 41.1 Å². The number of piperidine rings is 1. The van der Waals surface area contributed by atoms with Gasteiger partial charge in [0, 0.05) is 13.0 Å². The van der Waals surface area contributed by atoms with Gasteiger partial charge in [0.1, 0.15) is 6.04 Å². The molecular weight excluding hydrogens is 301 g/mol. The van der Waals surface area contributed by atoms with Crippen LogP contribution in [0.5, 0.6) is 0 Å². The highest BCUT2D eigenvalue weighted by Crippen LogP contribution is 2.38. The van der Waals surface area contributed by atoms with Gasteiger partial charge in [0.2, 0.25) is 11.8 Å². The third-order valence-corrected chi connectivity index (χ3v) is 3.86. The monoisotopic (exact) mass is 312 g/mol. The Kier molecular flexibility index (Phi) is 3.19. The van der Waals surface area contributed by atoms with Crippen molar-refractivity contribution in [1.29, 1.82) is 0 Å². The molecule has 0 aromatic heterocycles. The summed E-state index contributed by atoms with van der Waals surface area (Å²) < 4.78 is 39.1. The minimum atomic E-state index is -4.64. The Labute approximate surface area is 123 Å². The van der Waals surface area contributed by atoms with E-state index >= 15 is 0 Å². The molecule has 2 heterocycles. The molecule has 0 radical (unpaired) electrons. The second-order valence-electron chi connectivity index (χ2n) is 5.24. The molecule has 2 aliphatic rings. The van der Waals surface area contributed by atoms with Crippen molar-refractivity contribution in [2.45, 2.75) is 31.6 Å². The van der Waals surface area contributed by atoms with Crippen molar-refractivity contribution in [3.63, 3.8) is 0 Å². The predicted octanol–water partition coefficient (Wildman–Crippen LogP) is 1.47. The Morgan fingerprint density at radius 3 is 2.55 bits per heavy atom. The molecule has 3 rings (SSSR count). The maximum Gasteiger partial charge on any atom is 0.417 e. The molecule has 1 saturated heterocycles. The van der Waals surface area contributed by atoms with Gasteiger partial charge in [-0.2, -0.15) is 13.2 Å². The zero-order valence-corrected chi connectivity index (χ0v) is 11.2. The van der Waals surface area contributed by atoms with Crippen LogP contribution in [-0.2, 0) is 22.3 Å². The van der Waals surface area contributed by atoms with Crippen LogP contribution < -0.4 is 5.32 Å². The number of carbonyl (C=O) groups excluding carboxylic acids is 3. The first-order chi connectivity index (χ1) is 10.3. The molecule has 2 aliphatic heterocycles. The molecule has 0 aliphatic carbocycles. The lowest BCUT2D eigenvalue weighted by Gasteiger charge is -2.29. The average Bonchev–Trinajstić information content (AvgIpc) is 2.75. The van der Waals surface area contributed by atoms with E-state index in [2.05, 4.69) is 5.32 Å². The number of carbonyl (C=O) groups is 3. The molecule has 5 nitrogen and oxygen atoms in total. The van der Waals surface area contributed by atoms with Gasteiger partial charge < -0.3 is 4.90 Å². The summed E-state index contributed by atoms with van der Waals surface area (Å²) in [6.07, 6.45) is -4.46. The van der Waals surface area contributed by atoms with Crippen molar-refractivity contribution >= 4 is 17.7 Å². The number of hydrogen-bond donors (Lipinski definition) is 1. The summed E-state index contributed by atoms with van der Waals surface area (Å²) in [5.41, 5.74) is -1.16. The second kappa shape index (κ2) is 4.82. The molecule has 0 unspecified atom stereocenters. The predicted molar refractivity (Wildman–Crippen MR) is 67.5 cm³/mol. The van der Waals surface area contributed by atoms with Crippen molar-refractivity contribution in [2.24, 2.45) is 0 Å². The highest BCUT2D eigenvalue weighted by molar-refractivity contribution is 6.06. The summed E-state index contributed by atoms with van der Waals surface area (Å²) in [7, 11) is 0. The van der Waals surface area contributed by atoms with Crippen LogP contribution in [-0.4, -0.2) is 28.7 Å². The van der Waals surface area contributed by atoms with Gasteiger partial charge in [-0.25, -0.2) is 0 Å². The zero-order valence-electron chi connectivity index (χ0n) is 11.2. The van der Waals surface area contributed by atoms with Gasteiger partial charge in [0.25, 0.3) is 5.91 Å². The number of halogens is 3. The number of alkyl halides is 3. The van der Waals surface area contributed by atoms with E-state index in [-0.39, 0.29) is 24.9 Å². The van der Waals surface area contributed by atoms with Gasteiger partial charge in [0.15, 0.2) is 0 Å². The molecule has 0 bridgehead atoms. The molecule has 22 heavy (non-hydrogen) atoms. The maximum absolute atomic E-state index is 13.0. The molecule has 1 N–H and O–H groups in total. The van der Waals surface area contributed by atoms with E-state index in [1.165, 1.54) is 12.1 Å². The molecule has 116 valence electrons. The largest absolute Gasteiger partial charge is 0.417 e. The Morgan fingerprint density at radius 2 is 1.91 bits per heavy atom. The van der Waals surface area contributed by atoms with E-state index in [4.69, 9.17) is 0 Å². The van der Waals surface area contributed by atoms with Gasteiger partial charge in [-0.1, -0.05) is 12.1 Å². The Morgan fingerprint density at radius 1 is 1.18 bits per heavy atom. The lowest BCUT2D eigenvalue weighted by Crippen LogP contribution is -2.52. The van der Waals surface area contributed by atoms with Gasteiger partial charge in [0.05, 0.1) is 11.1 Å². The van der Waals surface area contributed by atoms with Crippen LogP contribution >= 0.6 is 0 Å². The summed E-state index contributed by atoms with van der Waals surface area (Å²) >= 11 is 0. The van der Waals surface area contributed by atoms with Gasteiger partial charge >= 0.3 is 6.18 Å². The smallest absolute Gasteiger partial charge is 0.322 e. The third-order valence-electron chi connectivity index (χ3n) is 3.86. The third kappa shape index (κ3) is 2.24. The standard InChI is InChI=1S/C14H11F3N2O3/c15-14(16,17)8-3-1-2-7-6-19(13(22)11(7)8)9-4-5-10(20)18-12(9)21/h1-3,9H,4-6H2,(H,18,20,21)/t9-/m0/s1. The summed E-state index contributed by atoms with van der Waals surface area (Å²) in [6.45, 7) is -0.0651. The lowest BCUT2D eigenvalue weighted by molar-refractivity contribution is -0.138. The first kappa shape index (κ1) is 14.6. The first-order valence-electron chi connectivity index (χ1n) is 6.63. The normalized spacial score (nSPS) is 21.9. The molecule has 3 amide bonds. The fraction of sp³-hybridized carbons (Fsp3) is 0.357. The summed E-state index contributed by atoms with van der Waals surface area (Å²) in [4.78, 5) is 36.4. The van der Waals surface area contributed by atoms with Crippen LogP contribution in [0, 0.1) is 0 Å². The number of nitrogens with zero attached hydrogens (tertiary/aromatic N) is 1. The topological polar surface area (TPSA) is 66.5 Å². The van der Waals surface area contributed by atoms with Crippen molar-refractivity contribution in [3.8, 4) is 0 Å². The summed E-state index contributed by atoms with van der Waals surface area (Å²) in [5.74, 6) is -1.91. The average molecular weight is 312 g/mol. The number of rotatable bonds is 1. The van der Waals surface area contributed by atoms with Gasteiger partial charge in [-0.15, -0.1) is 0 Å². The number of imide groups is 1. The van der Waals surface area contributed by atoms with E-state index in [1.54, 1.807) is 0 Å².